The van der Waals surface area contributed by atoms with E-state index in [0.29, 0.717) is 12.1 Å². The lowest BCUT2D eigenvalue weighted by Gasteiger charge is -2.19. The molecule has 0 bridgehead atoms. The fraction of sp³-hybridized carbons (Fsp3) is 0.667. The molecule has 3 atom stereocenters. The predicted octanol–water partition coefficient (Wildman–Crippen LogP) is 0.300. The number of amides is 1. The quantitative estimate of drug-likeness (QED) is 0.0840. The number of hydrogen-bond donors (Lipinski definition) is 5. The molecule has 15 nitrogen and oxygen atoms in total. The Hall–Kier alpha value is -2.84. The highest BCUT2D eigenvalue weighted by atomic mass is 31.2. The van der Waals surface area contributed by atoms with Crippen LogP contribution in [-0.2, 0) is 48.7 Å². The number of nitrogens with one attached hydrogen (secondary N) is 3. The third-order valence-electron chi connectivity index (χ3n) is 4.57. The number of ether oxygens (including phenoxy) is 2. The van der Waals surface area contributed by atoms with Gasteiger partial charge in [0.25, 0.3) is 0 Å². The van der Waals surface area contributed by atoms with Crippen LogP contribution >= 0.6 is 7.82 Å². The number of carbonyl (C=O) groups is 4. The topological polar surface area (TPSA) is 215 Å². The molecule has 1 amide bonds. The number of H-pyrrole nitrogens is 1. The second kappa shape index (κ2) is 17.6. The zero-order valence-electron chi connectivity index (χ0n) is 20.8. The summed E-state index contributed by atoms with van der Waals surface area (Å²) in [6.45, 7) is 2.48. The van der Waals surface area contributed by atoms with Crippen LogP contribution in [0.4, 0.5) is 0 Å². The number of carboxylic acid groups (broad SMARTS) is 1. The first-order valence-electron chi connectivity index (χ1n) is 11.7. The van der Waals surface area contributed by atoms with Gasteiger partial charge < -0.3 is 35.1 Å². The Kier molecular flexibility index (Phi) is 15.3. The van der Waals surface area contributed by atoms with E-state index in [1.54, 1.807) is 13.8 Å². The van der Waals surface area contributed by atoms with E-state index in [-0.39, 0.29) is 52.0 Å². The molecule has 0 radical (unpaired) electrons. The third-order valence-corrected chi connectivity index (χ3v) is 5.55. The maximum atomic E-state index is 12.1. The molecule has 1 rings (SSSR count). The van der Waals surface area contributed by atoms with Gasteiger partial charge in [-0.3, -0.25) is 23.4 Å². The van der Waals surface area contributed by atoms with Gasteiger partial charge in [0.2, 0.25) is 5.91 Å². The number of carbonyl (C=O) groups excluding carboxylic acids is 3. The highest BCUT2D eigenvalue weighted by Gasteiger charge is 2.26. The Labute approximate surface area is 214 Å². The Morgan fingerprint density at radius 1 is 1.11 bits per heavy atom. The van der Waals surface area contributed by atoms with Crippen LogP contribution < -0.4 is 10.6 Å². The van der Waals surface area contributed by atoms with Crippen molar-refractivity contribution in [3.63, 3.8) is 0 Å². The Morgan fingerprint density at radius 2 is 1.86 bits per heavy atom. The number of aliphatic carboxylic acids is 1. The standard InChI is InChI=1S/C21H35N4O11P/c1-3-5-20(28)36-16(12-33-19(27)4-2)13-35-37(31,32)34-9-8-22-7-6-18(26)25-17(21(29)30)10-15-11-23-14-24-15/h11,14,16-17,22H,3-10,12-13H2,1-2H3,(H,23,24)(H,25,26)(H,29,30)(H,31,32). The van der Waals surface area contributed by atoms with Gasteiger partial charge in [0.05, 0.1) is 19.5 Å². The molecule has 1 aromatic heterocycles. The summed E-state index contributed by atoms with van der Waals surface area (Å²) in [5.74, 6) is -2.78. The first-order valence-corrected chi connectivity index (χ1v) is 13.2. The Balaban J connectivity index is 2.32. The van der Waals surface area contributed by atoms with Crippen LogP contribution in [0.5, 0.6) is 0 Å². The summed E-state index contributed by atoms with van der Waals surface area (Å²) < 4.78 is 31.8. The second-order valence-electron chi connectivity index (χ2n) is 7.74. The van der Waals surface area contributed by atoms with Gasteiger partial charge in [-0.05, 0) is 6.42 Å². The fourth-order valence-electron chi connectivity index (χ4n) is 2.71. The average molecular weight is 551 g/mol. The normalized spacial score (nSPS) is 14.2. The molecule has 0 fully saturated rings. The fourth-order valence-corrected chi connectivity index (χ4v) is 3.46. The summed E-state index contributed by atoms with van der Waals surface area (Å²) in [7, 11) is -4.51. The molecule has 1 heterocycles. The van der Waals surface area contributed by atoms with Crippen molar-refractivity contribution >= 4 is 31.6 Å². The maximum absolute atomic E-state index is 12.1. The minimum absolute atomic E-state index is 0.0403. The molecule has 0 spiro atoms. The van der Waals surface area contributed by atoms with Crippen molar-refractivity contribution in [3.8, 4) is 0 Å². The molecule has 3 unspecified atom stereocenters. The van der Waals surface area contributed by atoms with Gasteiger partial charge in [0.1, 0.15) is 12.6 Å². The molecular formula is C21H35N4O11P. The smallest absolute Gasteiger partial charge is 0.472 e. The zero-order chi connectivity index (χ0) is 27.7. The number of nitrogens with zero attached hydrogens (tertiary/aromatic N) is 1. The van der Waals surface area contributed by atoms with Crippen molar-refractivity contribution in [1.82, 2.24) is 20.6 Å². The maximum Gasteiger partial charge on any atom is 0.472 e. The van der Waals surface area contributed by atoms with E-state index in [9.17, 15) is 33.7 Å². The van der Waals surface area contributed by atoms with E-state index < -0.39 is 50.4 Å². The number of carboxylic acids is 1. The molecular weight excluding hydrogens is 515 g/mol. The van der Waals surface area contributed by atoms with E-state index in [4.69, 9.17) is 18.5 Å². The van der Waals surface area contributed by atoms with Gasteiger partial charge in [0.15, 0.2) is 6.10 Å². The van der Waals surface area contributed by atoms with Crippen molar-refractivity contribution in [3.05, 3.63) is 18.2 Å². The molecule has 1 aromatic rings. The van der Waals surface area contributed by atoms with Crippen molar-refractivity contribution < 1.29 is 52.3 Å². The molecule has 0 aliphatic carbocycles. The molecule has 0 saturated carbocycles. The van der Waals surface area contributed by atoms with Crippen molar-refractivity contribution in [2.24, 2.45) is 0 Å². The number of esters is 2. The van der Waals surface area contributed by atoms with Crippen molar-refractivity contribution in [2.45, 2.75) is 58.1 Å². The van der Waals surface area contributed by atoms with E-state index >= 15 is 0 Å². The molecule has 0 aliphatic rings. The molecule has 0 saturated heterocycles. The van der Waals surface area contributed by atoms with Gasteiger partial charge in [-0.25, -0.2) is 14.3 Å². The molecule has 0 aliphatic heterocycles. The van der Waals surface area contributed by atoms with Crippen LogP contribution in [0.3, 0.4) is 0 Å². The molecule has 37 heavy (non-hydrogen) atoms. The number of phosphoric acid groups is 1. The monoisotopic (exact) mass is 550 g/mol. The zero-order valence-corrected chi connectivity index (χ0v) is 21.7. The largest absolute Gasteiger partial charge is 0.480 e. The first kappa shape index (κ1) is 32.2. The molecule has 210 valence electrons. The minimum atomic E-state index is -4.51. The highest BCUT2D eigenvalue weighted by molar-refractivity contribution is 7.47. The lowest BCUT2D eigenvalue weighted by atomic mass is 10.1. The SMILES string of the molecule is CCCC(=O)OC(COC(=O)CC)COP(=O)(O)OCCNCCC(=O)NC(Cc1cnc[nH]1)C(=O)O. The van der Waals surface area contributed by atoms with Crippen molar-refractivity contribution in [1.29, 1.82) is 0 Å². The summed E-state index contributed by atoms with van der Waals surface area (Å²) in [4.78, 5) is 62.8. The van der Waals surface area contributed by atoms with Crippen LogP contribution in [0.15, 0.2) is 12.5 Å². The number of hydrogen-bond acceptors (Lipinski definition) is 11. The highest BCUT2D eigenvalue weighted by Crippen LogP contribution is 2.43. The van der Waals surface area contributed by atoms with E-state index in [2.05, 4.69) is 20.6 Å². The predicted molar refractivity (Wildman–Crippen MR) is 127 cm³/mol. The Bertz CT molecular complexity index is 897. The van der Waals surface area contributed by atoms with Gasteiger partial charge in [0, 0.05) is 50.7 Å². The van der Waals surface area contributed by atoms with Gasteiger partial charge in [-0.1, -0.05) is 13.8 Å². The number of phosphoric ester groups is 1. The van der Waals surface area contributed by atoms with Gasteiger partial charge in [-0.2, -0.15) is 0 Å². The number of rotatable bonds is 20. The average Bonchev–Trinajstić information content (AvgIpc) is 3.35. The number of aromatic nitrogens is 2. The summed E-state index contributed by atoms with van der Waals surface area (Å²) in [6, 6.07) is -1.12. The third kappa shape index (κ3) is 15.1. The summed E-state index contributed by atoms with van der Waals surface area (Å²) in [5.41, 5.74) is 0.561. The van der Waals surface area contributed by atoms with Crippen LogP contribution in [0.2, 0.25) is 0 Å². The van der Waals surface area contributed by atoms with Crippen LogP contribution in [0.1, 0.15) is 45.2 Å². The second-order valence-corrected chi connectivity index (χ2v) is 9.19. The van der Waals surface area contributed by atoms with Crippen LogP contribution in [-0.4, -0.2) is 88.8 Å². The van der Waals surface area contributed by atoms with E-state index in [1.807, 2.05) is 0 Å². The lowest BCUT2D eigenvalue weighted by Crippen LogP contribution is -2.43. The van der Waals surface area contributed by atoms with E-state index in [1.165, 1.54) is 12.5 Å². The van der Waals surface area contributed by atoms with Gasteiger partial charge >= 0.3 is 25.7 Å². The lowest BCUT2D eigenvalue weighted by molar-refractivity contribution is -0.161. The van der Waals surface area contributed by atoms with Crippen molar-refractivity contribution in [2.75, 3.05) is 32.9 Å². The molecule has 5 N–H and O–H groups in total. The first-order chi connectivity index (χ1) is 17.6. The summed E-state index contributed by atoms with van der Waals surface area (Å²) in [6.07, 6.45) is 2.56. The van der Waals surface area contributed by atoms with E-state index in [0.717, 1.165) is 0 Å². The Morgan fingerprint density at radius 3 is 2.49 bits per heavy atom. The van der Waals surface area contributed by atoms with Gasteiger partial charge in [-0.15, -0.1) is 0 Å². The van der Waals surface area contributed by atoms with Crippen LogP contribution in [0, 0.1) is 0 Å². The molecule has 16 heteroatoms. The molecule has 0 aromatic carbocycles. The number of imidazole rings is 1. The number of aromatic amines is 1. The summed E-state index contributed by atoms with van der Waals surface area (Å²) in [5, 5.41) is 14.5. The summed E-state index contributed by atoms with van der Waals surface area (Å²) >= 11 is 0. The minimum Gasteiger partial charge on any atom is -0.480 e. The van der Waals surface area contributed by atoms with Crippen LogP contribution in [0.25, 0.3) is 0 Å².